The lowest BCUT2D eigenvalue weighted by Crippen LogP contribution is -2.81. The van der Waals surface area contributed by atoms with Gasteiger partial charge in [-0.2, -0.15) is 0 Å². The second-order valence-electron chi connectivity index (χ2n) is 15.0. The van der Waals surface area contributed by atoms with Crippen LogP contribution in [0.1, 0.15) is 44.0 Å². The molecular formula is C36H49NO12. The molecule has 1 saturated heterocycles. The molecule has 7 bridgehead atoms. The normalized spacial score (nSPS) is 47.4. The van der Waals surface area contributed by atoms with Crippen LogP contribution in [0.15, 0.2) is 30.3 Å². The van der Waals surface area contributed by atoms with Gasteiger partial charge in [0.2, 0.25) is 0 Å². The number of piperidine rings is 1. The maximum absolute atomic E-state index is 13.8. The predicted octanol–water partition coefficient (Wildman–Crippen LogP) is 1.22. The highest BCUT2D eigenvalue weighted by Gasteiger charge is 2.92. The molecule has 0 aromatic heterocycles. The summed E-state index contributed by atoms with van der Waals surface area (Å²) in [7, 11) is 6.26. The Bertz CT molecular complexity index is 1480. The van der Waals surface area contributed by atoms with E-state index in [0.29, 0.717) is 25.1 Å². The van der Waals surface area contributed by atoms with Crippen molar-refractivity contribution in [1.29, 1.82) is 0 Å². The number of carbonyl (C=O) groups excluding carboxylic acids is 3. The first-order valence-electron chi connectivity index (χ1n) is 17.2. The van der Waals surface area contributed by atoms with E-state index in [1.54, 1.807) is 51.7 Å². The summed E-state index contributed by atoms with van der Waals surface area (Å²) in [6.45, 7) is 5.96. The summed E-state index contributed by atoms with van der Waals surface area (Å²) in [6.07, 6.45) is -5.22. The van der Waals surface area contributed by atoms with Crippen molar-refractivity contribution in [2.45, 2.75) is 87.5 Å². The van der Waals surface area contributed by atoms with E-state index in [2.05, 4.69) is 4.90 Å². The highest BCUT2D eigenvalue weighted by molar-refractivity contribution is 5.89. The van der Waals surface area contributed by atoms with Gasteiger partial charge in [-0.05, 0) is 31.0 Å². The molecular weight excluding hydrogens is 638 g/mol. The third-order valence-corrected chi connectivity index (χ3v) is 13.4. The molecule has 1 aromatic carbocycles. The van der Waals surface area contributed by atoms with Gasteiger partial charge in [-0.3, -0.25) is 14.5 Å². The molecule has 270 valence electrons. The molecule has 6 fully saturated rings. The monoisotopic (exact) mass is 687 g/mol. The number of fused-ring (bicyclic) bond motifs is 2. The molecule has 5 saturated carbocycles. The number of benzene rings is 1. The van der Waals surface area contributed by atoms with E-state index in [4.69, 9.17) is 33.2 Å². The van der Waals surface area contributed by atoms with Crippen molar-refractivity contribution in [3.63, 3.8) is 0 Å². The Hall–Kier alpha value is -2.65. The molecule has 2 N–H and O–H groups in total. The lowest BCUT2D eigenvalue weighted by atomic mass is 9.42. The van der Waals surface area contributed by atoms with Crippen molar-refractivity contribution in [2.24, 2.45) is 34.5 Å². The van der Waals surface area contributed by atoms with Gasteiger partial charge in [-0.25, -0.2) is 4.79 Å². The predicted molar refractivity (Wildman–Crippen MR) is 170 cm³/mol. The van der Waals surface area contributed by atoms with Crippen molar-refractivity contribution >= 4 is 17.9 Å². The topological polar surface area (TPSA) is 160 Å². The van der Waals surface area contributed by atoms with E-state index >= 15 is 0 Å². The molecule has 4 unspecified atom stereocenters. The Morgan fingerprint density at radius 3 is 2.12 bits per heavy atom. The molecule has 1 aliphatic heterocycles. The first kappa shape index (κ1) is 34.8. The summed E-state index contributed by atoms with van der Waals surface area (Å²) in [5, 5.41) is 26.6. The molecule has 1 aromatic rings. The van der Waals surface area contributed by atoms with Gasteiger partial charge in [-0.15, -0.1) is 0 Å². The first-order valence-corrected chi connectivity index (χ1v) is 17.2. The molecule has 13 nitrogen and oxygen atoms in total. The Morgan fingerprint density at radius 2 is 1.55 bits per heavy atom. The van der Waals surface area contributed by atoms with E-state index < -0.39 is 100 Å². The molecule has 1 spiro atoms. The smallest absolute Gasteiger partial charge is 0.338 e. The maximum Gasteiger partial charge on any atom is 0.338 e. The van der Waals surface area contributed by atoms with Gasteiger partial charge in [0.25, 0.3) is 0 Å². The maximum atomic E-state index is 13.8. The minimum Gasteiger partial charge on any atom is -0.462 e. The average Bonchev–Trinajstić information content (AvgIpc) is 3.45. The minimum absolute atomic E-state index is 0.0534. The quantitative estimate of drug-likeness (QED) is 0.267. The van der Waals surface area contributed by atoms with Crippen LogP contribution >= 0.6 is 0 Å². The minimum atomic E-state index is -1.90. The Morgan fingerprint density at radius 1 is 0.857 bits per heavy atom. The van der Waals surface area contributed by atoms with E-state index in [1.807, 2.05) is 6.92 Å². The van der Waals surface area contributed by atoms with Crippen LogP contribution in [-0.2, 0) is 42.7 Å². The van der Waals surface area contributed by atoms with Crippen molar-refractivity contribution < 1.29 is 57.8 Å². The van der Waals surface area contributed by atoms with Crippen LogP contribution in [0.3, 0.4) is 0 Å². The Labute approximate surface area is 286 Å². The third kappa shape index (κ3) is 4.27. The van der Waals surface area contributed by atoms with Gasteiger partial charge in [0.15, 0.2) is 6.10 Å². The molecule has 0 amide bonds. The van der Waals surface area contributed by atoms with Gasteiger partial charge in [0.05, 0.1) is 24.4 Å². The summed E-state index contributed by atoms with van der Waals surface area (Å²) >= 11 is 0. The summed E-state index contributed by atoms with van der Waals surface area (Å²) in [5.74, 6) is -4.34. The lowest BCUT2D eigenvalue weighted by Gasteiger charge is -2.70. The van der Waals surface area contributed by atoms with Gasteiger partial charge < -0.3 is 43.4 Å². The van der Waals surface area contributed by atoms with Gasteiger partial charge in [-0.1, -0.05) is 25.1 Å². The van der Waals surface area contributed by atoms with Crippen LogP contribution in [0.5, 0.6) is 0 Å². The lowest BCUT2D eigenvalue weighted by molar-refractivity contribution is -0.322. The van der Waals surface area contributed by atoms with Crippen LogP contribution in [-0.4, -0.2) is 135 Å². The molecule has 6 aliphatic rings. The zero-order chi connectivity index (χ0) is 35.3. The van der Waals surface area contributed by atoms with Crippen molar-refractivity contribution in [3.8, 4) is 0 Å². The highest BCUT2D eigenvalue weighted by atomic mass is 16.6. The summed E-state index contributed by atoms with van der Waals surface area (Å²) in [5.41, 5.74) is -5.09. The second kappa shape index (κ2) is 12.0. The number of nitrogens with zero attached hydrogens (tertiary/aromatic N) is 1. The fraction of sp³-hybridized carbons (Fsp3) is 0.750. The molecule has 49 heavy (non-hydrogen) atoms. The molecule has 0 radical (unpaired) electrons. The zero-order valence-corrected chi connectivity index (χ0v) is 29.2. The Kier molecular flexibility index (Phi) is 8.49. The largest absolute Gasteiger partial charge is 0.462 e. The number of rotatable bonds is 10. The fourth-order valence-corrected chi connectivity index (χ4v) is 12.5. The second-order valence-corrected chi connectivity index (χ2v) is 15.0. The van der Waals surface area contributed by atoms with Crippen LogP contribution in [0.25, 0.3) is 0 Å². The number of hydrogen-bond donors (Lipinski definition) is 2. The Balaban J connectivity index is 1.51. The first-order chi connectivity index (χ1) is 23.4. The summed E-state index contributed by atoms with van der Waals surface area (Å²) < 4.78 is 43.4. The number of ether oxygens (including phenoxy) is 7. The molecule has 15 atom stereocenters. The number of esters is 3. The van der Waals surface area contributed by atoms with Crippen molar-refractivity contribution in [3.05, 3.63) is 35.9 Å². The number of hydrogen-bond acceptors (Lipinski definition) is 13. The van der Waals surface area contributed by atoms with E-state index in [1.165, 1.54) is 21.0 Å². The molecule has 1 heterocycles. The number of carbonyl (C=O) groups is 3. The molecule has 5 aliphatic carbocycles. The third-order valence-electron chi connectivity index (χ3n) is 13.4. The average molecular weight is 688 g/mol. The fourth-order valence-electron chi connectivity index (χ4n) is 12.5. The van der Waals surface area contributed by atoms with Crippen LogP contribution in [0, 0.1) is 34.5 Å². The number of aliphatic hydroxyl groups is 2. The number of methoxy groups -OCH3 is 4. The standard InChI is InChI=1S/C36H49NO12/c1-8-37-16-33(17-43-4)22(47-18(2)38)14-23(44-5)35-21-15-34(41)29(49-32(40)20-12-10-9-11-13-20)24(21)36(42,31(30(34)46-7)48-19(3)39)25(28(35)37)26(45-6)27(33)35/h9-13,21-31,41-42H,8,14-17H2,1-7H3/t21-,22+,23?,24+,25?,26-,27+,28?,29+,30-,31-,33-,34+,35?,36+/m0/s1. The van der Waals surface area contributed by atoms with E-state index in [9.17, 15) is 24.6 Å². The van der Waals surface area contributed by atoms with Crippen molar-refractivity contribution in [2.75, 3.05) is 48.1 Å². The van der Waals surface area contributed by atoms with Crippen LogP contribution < -0.4 is 0 Å². The van der Waals surface area contributed by atoms with E-state index in [-0.39, 0.29) is 19.1 Å². The zero-order valence-electron chi connectivity index (χ0n) is 29.2. The van der Waals surface area contributed by atoms with Gasteiger partial charge in [0, 0.05) is 89.9 Å². The summed E-state index contributed by atoms with van der Waals surface area (Å²) in [6, 6.07) is 8.11. The SMILES string of the molecule is CCN1C[C@]2(COC)[C@H](OC(C)=O)CC(OC)C34C1C([C@H](OC)[C@@H]32)[C@]1(O)[C@H]2[C@@H](OC(=O)c3ccccc3)[C@](O)(C[C@@H]24)[C@@H](OC)[C@@H]1OC(C)=O. The van der Waals surface area contributed by atoms with Crippen LogP contribution in [0.2, 0.25) is 0 Å². The molecule has 7 rings (SSSR count). The van der Waals surface area contributed by atoms with E-state index in [0.717, 1.165) is 0 Å². The number of likely N-dealkylation sites (tertiary alicyclic amines) is 1. The van der Waals surface area contributed by atoms with Crippen LogP contribution in [0.4, 0.5) is 0 Å². The molecule has 13 heteroatoms. The summed E-state index contributed by atoms with van der Waals surface area (Å²) in [4.78, 5) is 41.6. The van der Waals surface area contributed by atoms with Gasteiger partial charge in [0.1, 0.15) is 29.5 Å². The van der Waals surface area contributed by atoms with Gasteiger partial charge >= 0.3 is 17.9 Å². The van der Waals surface area contributed by atoms with Crippen molar-refractivity contribution in [1.82, 2.24) is 4.90 Å². The highest BCUT2D eigenvalue weighted by Crippen LogP contribution is 2.80.